The van der Waals surface area contributed by atoms with Gasteiger partial charge in [-0.25, -0.2) is 25.3 Å². The summed E-state index contributed by atoms with van der Waals surface area (Å²) in [4.78, 5) is 35.3. The van der Waals surface area contributed by atoms with E-state index in [2.05, 4.69) is 16.0 Å². The number of halogens is 1. The highest BCUT2D eigenvalue weighted by atomic mass is 35.5. The maximum Gasteiger partial charge on any atom is 0.260 e. The summed E-state index contributed by atoms with van der Waals surface area (Å²) < 4.78 is 83.8. The minimum absolute atomic E-state index is 0. The van der Waals surface area contributed by atoms with Gasteiger partial charge in [0.05, 0.1) is 17.3 Å². The third-order valence-electron chi connectivity index (χ3n) is 13.9. The van der Waals surface area contributed by atoms with Crippen LogP contribution in [0.2, 0.25) is 0 Å². The number of hydrogen-bond donors (Lipinski definition) is 9. The van der Waals surface area contributed by atoms with E-state index in [9.17, 15) is 39.6 Å². The summed E-state index contributed by atoms with van der Waals surface area (Å²) in [5, 5.41) is 8.19. The molecule has 15 N–H and O–H groups in total. The fourth-order valence-corrected chi connectivity index (χ4v) is 14.2. The van der Waals surface area contributed by atoms with Gasteiger partial charge in [0.15, 0.2) is 44.1 Å². The second-order valence-electron chi connectivity index (χ2n) is 19.8. The predicted octanol–water partition coefficient (Wildman–Crippen LogP) is 6.30. The second-order valence-corrected chi connectivity index (χ2v) is 26.5. The zero-order chi connectivity index (χ0) is 57.3. The average Bonchev–Trinajstić information content (AvgIpc) is 3.45. The molecule has 0 saturated heterocycles. The molecule has 0 spiro atoms. The minimum atomic E-state index is -4.27. The van der Waals surface area contributed by atoms with Crippen LogP contribution in [-0.2, 0) is 61.2 Å². The summed E-state index contributed by atoms with van der Waals surface area (Å²) in [6.45, 7) is 0.836. The third-order valence-corrected chi connectivity index (χ3v) is 20.6. The number of nitrogens with two attached hydrogens (primary N) is 6. The van der Waals surface area contributed by atoms with E-state index in [1.165, 1.54) is 0 Å². The summed E-state index contributed by atoms with van der Waals surface area (Å²) in [7, 11) is -12.8. The van der Waals surface area contributed by atoms with Crippen molar-refractivity contribution in [3.8, 4) is 0 Å². The van der Waals surface area contributed by atoms with Crippen LogP contribution in [0, 0.1) is 0 Å². The van der Waals surface area contributed by atoms with Gasteiger partial charge >= 0.3 is 0 Å². The van der Waals surface area contributed by atoms with Crippen LogP contribution in [0.25, 0.3) is 0 Å². The lowest BCUT2D eigenvalue weighted by atomic mass is 9.85. The van der Waals surface area contributed by atoms with Crippen molar-refractivity contribution in [2.75, 3.05) is 35.6 Å². The number of unbranched alkanes of at least 4 members (excludes halogenated alkanes) is 3. The van der Waals surface area contributed by atoms with Gasteiger partial charge in [0.25, 0.3) is 17.7 Å². The van der Waals surface area contributed by atoms with Crippen molar-refractivity contribution < 1.29 is 39.6 Å². The lowest BCUT2D eigenvalue weighted by Gasteiger charge is -2.29. The molecule has 0 fully saturated rings. The van der Waals surface area contributed by atoms with Crippen LogP contribution < -0.4 is 50.4 Å². The fourth-order valence-electron chi connectivity index (χ4n) is 9.16. The first-order valence-corrected chi connectivity index (χ1v) is 31.1. The van der Waals surface area contributed by atoms with E-state index in [-0.39, 0.29) is 87.6 Å². The normalized spacial score (nSPS) is 14.1. The Bertz CT molecular complexity index is 2960. The van der Waals surface area contributed by atoms with E-state index >= 15 is 0 Å². The maximum absolute atomic E-state index is 14.1. The molecule has 6 rings (SSSR count). The number of benzene rings is 6. The first-order chi connectivity index (χ1) is 37.6. The Morgan fingerprint density at radius 1 is 0.362 bits per heavy atom. The van der Waals surface area contributed by atoms with Gasteiger partial charge < -0.3 is 50.4 Å². The van der Waals surface area contributed by atoms with E-state index < -0.39 is 85.0 Å². The van der Waals surface area contributed by atoms with Crippen molar-refractivity contribution >= 4 is 76.7 Å². The van der Waals surface area contributed by atoms with Crippen molar-refractivity contribution in [2.24, 2.45) is 34.4 Å². The smallest absolute Gasteiger partial charge is 0.260 e. The molecule has 0 saturated carbocycles. The summed E-state index contributed by atoms with van der Waals surface area (Å²) in [5.41, 5.74) is 41.2. The fraction of sp³-hybridized carbons (Fsp3) is 0.328. The minimum Gasteiger partial charge on any atom is -0.330 e. The monoisotopic (exact) mass is 1170 g/mol. The van der Waals surface area contributed by atoms with Crippen molar-refractivity contribution in [1.82, 2.24) is 0 Å². The van der Waals surface area contributed by atoms with Crippen LogP contribution in [-0.4, -0.2) is 77.2 Å². The molecule has 3 amide bonds. The van der Waals surface area contributed by atoms with Crippen molar-refractivity contribution in [2.45, 2.75) is 95.6 Å². The Kier molecular flexibility index (Phi) is 23.3. The van der Waals surface area contributed by atoms with Gasteiger partial charge in [-0.05, 0) is 147 Å². The highest BCUT2D eigenvalue weighted by molar-refractivity contribution is 7.93. The van der Waals surface area contributed by atoms with Gasteiger partial charge in [0.1, 0.15) is 0 Å². The summed E-state index contributed by atoms with van der Waals surface area (Å²) in [6.07, 6.45) is 1.67. The van der Waals surface area contributed by atoms with Crippen LogP contribution in [0.15, 0.2) is 164 Å². The lowest BCUT2D eigenvalue weighted by molar-refractivity contribution is -0.119. The zero-order valence-electron chi connectivity index (χ0n) is 44.5. The zero-order valence-corrected chi connectivity index (χ0v) is 47.8. The Morgan fingerprint density at radius 2 is 0.588 bits per heavy atom. The molecule has 0 heterocycles. The molecule has 0 bridgehead atoms. The van der Waals surface area contributed by atoms with Gasteiger partial charge in [-0.2, -0.15) is 0 Å². The number of carbonyl (C=O) groups excluding carboxylic acids is 3. The number of anilines is 3. The van der Waals surface area contributed by atoms with Crippen LogP contribution in [0.3, 0.4) is 0 Å². The van der Waals surface area contributed by atoms with Gasteiger partial charge in [-0.1, -0.05) is 127 Å². The predicted molar refractivity (Wildman–Crippen MR) is 320 cm³/mol. The largest absolute Gasteiger partial charge is 0.330 e. The Balaban J connectivity index is 0.0000118. The molecule has 18 nitrogen and oxygen atoms in total. The van der Waals surface area contributed by atoms with Crippen LogP contribution in [0.4, 0.5) is 17.1 Å². The molecule has 22 heteroatoms. The van der Waals surface area contributed by atoms with Crippen molar-refractivity contribution in [3.05, 3.63) is 197 Å². The Morgan fingerprint density at radius 3 is 0.800 bits per heavy atom. The molecule has 430 valence electrons. The van der Waals surface area contributed by atoms with Crippen molar-refractivity contribution in [3.63, 3.8) is 0 Å². The Hall–Kier alpha value is -6.37. The summed E-state index contributed by atoms with van der Waals surface area (Å²) >= 11 is 0. The van der Waals surface area contributed by atoms with Gasteiger partial charge in [0, 0.05) is 23.0 Å². The van der Waals surface area contributed by atoms with E-state index in [0.717, 1.165) is 0 Å². The molecule has 0 aliphatic carbocycles. The van der Waals surface area contributed by atoms with E-state index in [0.29, 0.717) is 52.6 Å². The summed E-state index contributed by atoms with van der Waals surface area (Å²) in [5.74, 6) is -4.72. The number of carbonyl (C=O) groups is 3. The number of sulfone groups is 3. The summed E-state index contributed by atoms with van der Waals surface area (Å²) in [6, 6.07) is 45.4. The topological polar surface area (TPSA) is 346 Å². The second kappa shape index (κ2) is 28.9. The van der Waals surface area contributed by atoms with Crippen LogP contribution in [0.5, 0.6) is 0 Å². The molecule has 0 aromatic heterocycles. The van der Waals surface area contributed by atoms with Gasteiger partial charge in [-0.3, -0.25) is 14.4 Å². The highest BCUT2D eigenvalue weighted by Crippen LogP contribution is 2.36. The molecule has 0 aliphatic heterocycles. The van der Waals surface area contributed by atoms with Crippen molar-refractivity contribution in [1.29, 1.82) is 0 Å². The molecular weight excluding hydrogens is 1100 g/mol. The van der Waals surface area contributed by atoms with Gasteiger partial charge in [-0.15, -0.1) is 12.4 Å². The SMILES string of the molecule is Cl.NCCCC[C@@](N)(C(=O)Nc1ccc(C(c2ccc(NC(=O)[C@](N)(CCCCN)S(=O)(=O)Cc3ccccc3)cc2)c2ccc(NC(=O)[C@](N)(CCCCN)S(=O)(=O)Cc3ccccc3)cc2)cc1)S(=O)(=O)Cc1ccccc1. The number of hydrogen-bond acceptors (Lipinski definition) is 15. The molecule has 0 radical (unpaired) electrons. The molecular formula is C58H74ClN9O9S3. The van der Waals surface area contributed by atoms with E-state index in [4.69, 9.17) is 34.4 Å². The Labute approximate surface area is 476 Å². The number of rotatable bonds is 30. The molecule has 3 atom stereocenters. The third kappa shape index (κ3) is 16.0. The molecule has 0 unspecified atom stereocenters. The number of amides is 3. The molecule has 6 aromatic rings. The molecule has 6 aromatic carbocycles. The molecule has 80 heavy (non-hydrogen) atoms. The van der Waals surface area contributed by atoms with E-state index in [1.54, 1.807) is 164 Å². The maximum atomic E-state index is 14.1. The molecule has 0 aliphatic rings. The van der Waals surface area contributed by atoms with Gasteiger partial charge in [0.2, 0.25) is 0 Å². The standard InChI is InChI=1S/C58H73N9O9S3.ClH/c59-37-13-10-34-56(62,77(71,72)40-43-16-4-1-5-17-43)53(68)65-49-28-22-46(23-29-49)52(47-24-30-50(31-25-47)66-54(69)57(63,35-11-14-38-60)78(73,74)41-44-18-6-2-7-19-44)48-26-32-51(33-27-48)67-55(70)58(64,36-12-15-39-61)79(75,76)42-45-20-8-3-9-21-45;/h1-9,16-33,52H,10-15,34-42,59-64H2,(H,65,68)(H,66,69)(H,67,70);1H/t56-,57-,58-;/m0./s1. The average molecular weight is 1170 g/mol. The lowest BCUT2D eigenvalue weighted by Crippen LogP contribution is -2.57. The quantitative estimate of drug-likeness (QED) is 0.0176. The van der Waals surface area contributed by atoms with Crippen LogP contribution in [0.1, 0.15) is 97.1 Å². The highest BCUT2D eigenvalue weighted by Gasteiger charge is 2.49. The van der Waals surface area contributed by atoms with Crippen LogP contribution >= 0.6 is 12.4 Å². The number of nitrogens with one attached hydrogen (secondary N) is 3. The van der Waals surface area contributed by atoms with E-state index in [1.807, 2.05) is 0 Å². The first-order valence-electron chi connectivity index (χ1n) is 26.1. The first kappa shape index (κ1) is 64.5.